The zero-order chi connectivity index (χ0) is 22.1. The number of nitrogens with zero attached hydrogens (tertiary/aromatic N) is 3. The molecule has 110 valence electrons. The van der Waals surface area contributed by atoms with Crippen LogP contribution >= 0.6 is 0 Å². The zero-order valence-corrected chi connectivity index (χ0v) is 12.2. The predicted octanol–water partition coefficient (Wildman–Crippen LogP) is 1.87. The fourth-order valence-corrected chi connectivity index (χ4v) is 1.84. The van der Waals surface area contributed by atoms with E-state index in [2.05, 4.69) is 10.1 Å². The Bertz CT molecular complexity index is 973. The Kier molecular flexibility index (Phi) is 1.68. The normalized spacial score (nSPS) is 26.0. The van der Waals surface area contributed by atoms with E-state index in [1.807, 2.05) is 27.7 Å². The van der Waals surface area contributed by atoms with Gasteiger partial charge in [-0.3, -0.25) is 0 Å². The van der Waals surface area contributed by atoms with E-state index < -0.39 is 55.2 Å². The number of hydrogen-bond donors (Lipinski definition) is 0. The zero-order valence-electron chi connectivity index (χ0n) is 20.2. The summed E-state index contributed by atoms with van der Waals surface area (Å²) in [5.74, 6) is -0.343. The lowest BCUT2D eigenvalue weighted by molar-refractivity contribution is 0.00578. The van der Waals surface area contributed by atoms with Crippen LogP contribution < -0.4 is 5.59 Å². The molecule has 1 aliphatic rings. The SMILES string of the molecule is [2H]c1c(B2OC(C)(C)C(C)(C)O2)nc(-n2nc(C([2H])([2H])[2H])c([2H])c2[2H])c([2H])c1[2H]. The third-order valence-electron chi connectivity index (χ3n) is 3.75. The highest BCUT2D eigenvalue weighted by Gasteiger charge is 2.52. The molecule has 2 aromatic rings. The van der Waals surface area contributed by atoms with Crippen molar-refractivity contribution in [2.24, 2.45) is 0 Å². The van der Waals surface area contributed by atoms with E-state index in [9.17, 15) is 0 Å². The van der Waals surface area contributed by atoms with Crippen LogP contribution in [0, 0.1) is 6.85 Å². The minimum absolute atomic E-state index is 0.0866. The van der Waals surface area contributed by atoms with Crippen LogP contribution in [0.1, 0.15) is 44.4 Å². The Morgan fingerprint density at radius 3 is 2.52 bits per heavy atom. The summed E-state index contributed by atoms with van der Waals surface area (Å²) >= 11 is 0. The van der Waals surface area contributed by atoms with Gasteiger partial charge in [-0.2, -0.15) is 5.10 Å². The van der Waals surface area contributed by atoms with Crippen molar-refractivity contribution in [2.45, 2.75) is 45.7 Å². The van der Waals surface area contributed by atoms with Gasteiger partial charge in [0, 0.05) is 10.3 Å². The van der Waals surface area contributed by atoms with Crippen LogP contribution in [0.4, 0.5) is 0 Å². The van der Waals surface area contributed by atoms with Gasteiger partial charge in [-0.15, -0.1) is 0 Å². The van der Waals surface area contributed by atoms with Gasteiger partial charge in [0.15, 0.2) is 5.82 Å². The molecule has 2 aromatic heterocycles. The standard InChI is InChI=1S/C15H20BN3O2/c1-11-9-10-19(18-11)13-8-6-7-12(17-13)16-20-14(2,3)15(4,5)21-16/h6-10H,1-5H3/i1D3,6D,7D,8D,9D,10D. The van der Waals surface area contributed by atoms with E-state index in [4.69, 9.17) is 20.3 Å². The molecular weight excluding hydrogens is 265 g/mol. The summed E-state index contributed by atoms with van der Waals surface area (Å²) in [6.45, 7) is 4.50. The monoisotopic (exact) mass is 293 g/mol. The highest BCUT2D eigenvalue weighted by atomic mass is 16.7. The minimum Gasteiger partial charge on any atom is -0.398 e. The van der Waals surface area contributed by atoms with E-state index in [0.29, 0.717) is 0 Å². The molecule has 0 saturated carbocycles. The third-order valence-corrected chi connectivity index (χ3v) is 3.75. The molecule has 0 amide bonds. The van der Waals surface area contributed by atoms with E-state index >= 15 is 0 Å². The molecule has 21 heavy (non-hydrogen) atoms. The second-order valence-corrected chi connectivity index (χ2v) is 5.78. The molecule has 0 atom stereocenters. The Morgan fingerprint density at radius 1 is 1.19 bits per heavy atom. The van der Waals surface area contributed by atoms with Gasteiger partial charge in [0.05, 0.1) is 29.3 Å². The molecule has 0 aliphatic carbocycles. The van der Waals surface area contributed by atoms with Crippen LogP contribution in [-0.2, 0) is 9.31 Å². The lowest BCUT2D eigenvalue weighted by Gasteiger charge is -2.32. The summed E-state index contributed by atoms with van der Waals surface area (Å²) in [5.41, 5.74) is -2.16. The van der Waals surface area contributed by atoms with Crippen LogP contribution in [0.3, 0.4) is 0 Å². The Morgan fingerprint density at radius 2 is 1.90 bits per heavy atom. The summed E-state index contributed by atoms with van der Waals surface area (Å²) in [6, 6.07) is -2.03. The largest absolute Gasteiger partial charge is 0.514 e. The first-order valence-corrected chi connectivity index (χ1v) is 6.49. The third kappa shape index (κ3) is 2.49. The molecule has 0 aromatic carbocycles. The number of aryl methyl sites for hydroxylation is 1. The van der Waals surface area contributed by atoms with Crippen LogP contribution in [0.25, 0.3) is 5.82 Å². The highest BCUT2D eigenvalue weighted by Crippen LogP contribution is 2.36. The van der Waals surface area contributed by atoms with E-state index in [1.54, 1.807) is 0 Å². The Balaban J connectivity index is 2.19. The topological polar surface area (TPSA) is 49.2 Å². The number of rotatable bonds is 2. The molecule has 0 unspecified atom stereocenters. The van der Waals surface area contributed by atoms with Crippen LogP contribution in [-0.4, -0.2) is 33.1 Å². The summed E-state index contributed by atoms with van der Waals surface area (Å²) in [7, 11) is -1.10. The molecule has 0 radical (unpaired) electrons. The lowest BCUT2D eigenvalue weighted by atomic mass is 9.84. The maximum absolute atomic E-state index is 8.19. The Labute approximate surface area is 136 Å². The van der Waals surface area contributed by atoms with Crippen molar-refractivity contribution in [1.29, 1.82) is 0 Å². The van der Waals surface area contributed by atoms with Crippen molar-refractivity contribution < 1.29 is 20.3 Å². The van der Waals surface area contributed by atoms with Gasteiger partial charge in [-0.1, -0.05) is 6.04 Å². The molecule has 3 heterocycles. The maximum Gasteiger partial charge on any atom is 0.514 e. The van der Waals surface area contributed by atoms with Crippen molar-refractivity contribution in [1.82, 2.24) is 14.8 Å². The van der Waals surface area contributed by atoms with Crippen molar-refractivity contribution in [3.05, 3.63) is 36.0 Å². The molecule has 1 saturated heterocycles. The van der Waals surface area contributed by atoms with Gasteiger partial charge >= 0.3 is 7.12 Å². The van der Waals surface area contributed by atoms with Gasteiger partial charge in [0.1, 0.15) is 0 Å². The summed E-state index contributed by atoms with van der Waals surface area (Å²) in [4.78, 5) is 4.18. The van der Waals surface area contributed by atoms with Crippen LogP contribution in [0.5, 0.6) is 0 Å². The second-order valence-electron chi connectivity index (χ2n) is 5.78. The molecule has 1 aliphatic heterocycles. The molecule has 0 spiro atoms. The average molecular weight is 293 g/mol. The van der Waals surface area contributed by atoms with Crippen LogP contribution in [0.15, 0.2) is 30.3 Å². The minimum atomic E-state index is -2.73. The summed E-state index contributed by atoms with van der Waals surface area (Å²) in [5, 5.41) is 3.78. The van der Waals surface area contributed by atoms with Crippen molar-refractivity contribution >= 4 is 12.7 Å². The fraction of sp³-hybridized carbons (Fsp3) is 0.467. The van der Waals surface area contributed by atoms with E-state index in [-0.39, 0.29) is 17.5 Å². The number of hydrogen-bond acceptors (Lipinski definition) is 4. The molecule has 5 nitrogen and oxygen atoms in total. The lowest BCUT2D eigenvalue weighted by Crippen LogP contribution is -2.41. The van der Waals surface area contributed by atoms with Crippen molar-refractivity contribution in [3.63, 3.8) is 0 Å². The van der Waals surface area contributed by atoms with Gasteiger partial charge in [0.2, 0.25) is 0 Å². The average Bonchev–Trinajstić information content (AvgIpc) is 2.98. The molecular formula is C15H20BN3O2. The maximum atomic E-state index is 8.19. The Hall–Kier alpha value is -1.66. The molecule has 1 fully saturated rings. The van der Waals surface area contributed by atoms with Crippen LogP contribution in [0.2, 0.25) is 0 Å². The number of aromatic nitrogens is 3. The first kappa shape index (κ1) is 7.56. The van der Waals surface area contributed by atoms with Crippen molar-refractivity contribution in [3.8, 4) is 5.82 Å². The predicted molar refractivity (Wildman–Crippen MR) is 81.8 cm³/mol. The quantitative estimate of drug-likeness (QED) is 0.793. The number of pyridine rings is 1. The van der Waals surface area contributed by atoms with Gasteiger partial charge in [-0.25, -0.2) is 9.67 Å². The van der Waals surface area contributed by atoms with E-state index in [0.717, 1.165) is 4.68 Å². The molecule has 0 N–H and O–H groups in total. The smallest absolute Gasteiger partial charge is 0.398 e. The van der Waals surface area contributed by atoms with E-state index in [1.165, 1.54) is 0 Å². The molecule has 3 rings (SSSR count). The first-order valence-electron chi connectivity index (χ1n) is 10.5. The van der Waals surface area contributed by atoms with Gasteiger partial charge in [-0.05, 0) is 52.7 Å². The molecule has 0 bridgehead atoms. The molecule has 6 heteroatoms. The highest BCUT2D eigenvalue weighted by molar-refractivity contribution is 6.61. The second kappa shape index (κ2) is 4.68. The fourth-order valence-electron chi connectivity index (χ4n) is 1.84. The van der Waals surface area contributed by atoms with Crippen molar-refractivity contribution in [2.75, 3.05) is 0 Å². The van der Waals surface area contributed by atoms with Gasteiger partial charge in [0.25, 0.3) is 0 Å². The first-order chi connectivity index (χ1) is 13.1. The van der Waals surface area contributed by atoms with Gasteiger partial charge < -0.3 is 9.31 Å². The summed E-state index contributed by atoms with van der Waals surface area (Å²) < 4.78 is 75.2. The summed E-state index contributed by atoms with van der Waals surface area (Å²) in [6.07, 6.45) is -0.589.